The van der Waals surface area contributed by atoms with Gasteiger partial charge in [-0.05, 0) is 0 Å². The summed E-state index contributed by atoms with van der Waals surface area (Å²) in [5, 5.41) is 0. The van der Waals surface area contributed by atoms with Crippen LogP contribution in [-0.2, 0) is 0 Å². The zero-order valence-electron chi connectivity index (χ0n) is 8.77. The monoisotopic (exact) mass is 236 g/mol. The van der Waals surface area contributed by atoms with Crippen molar-refractivity contribution in [2.24, 2.45) is 0 Å². The second-order valence-corrected chi connectivity index (χ2v) is 3.47. The molecule has 0 radical (unpaired) electrons. The third-order valence-corrected chi connectivity index (χ3v) is 2.21. The fraction of sp³-hybridized carbons (Fsp3) is 1.00. The molecule has 0 N–H and O–H groups in total. The molecule has 0 bridgehead atoms. The van der Waals surface area contributed by atoms with Gasteiger partial charge in [-0.25, -0.2) is 0 Å². The molecule has 0 fully saturated rings. The lowest BCUT2D eigenvalue weighted by atomic mass is 10.1. The van der Waals surface area contributed by atoms with Crippen LogP contribution in [0, 0.1) is 0 Å². The number of hydrogen-bond donors (Lipinski definition) is 0. The van der Waals surface area contributed by atoms with E-state index in [1.165, 1.54) is 57.8 Å². The van der Waals surface area contributed by atoms with E-state index < -0.39 is 0 Å². The molecule has 0 nitrogen and oxygen atoms in total. The largest absolute Gasteiger partial charge is 0.114 e. The summed E-state index contributed by atoms with van der Waals surface area (Å²) in [5.41, 5.74) is 0. The molecule has 0 rings (SSSR count). The first-order valence-electron chi connectivity index (χ1n) is 5.41. The summed E-state index contributed by atoms with van der Waals surface area (Å²) in [6.07, 6.45) is 13.0. The molecular weight excluding hydrogens is 212 g/mol. The van der Waals surface area contributed by atoms with Crippen LogP contribution in [0.5, 0.6) is 0 Å². The fourth-order valence-corrected chi connectivity index (χ4v) is 1.38. The quantitative estimate of drug-likeness (QED) is 0.514. The van der Waals surface area contributed by atoms with Gasteiger partial charge >= 0.3 is 0 Å². The average molecular weight is 237 g/mol. The van der Waals surface area contributed by atoms with E-state index in [1.807, 2.05) is 0 Å². The van der Waals surface area contributed by atoms with E-state index in [0.717, 1.165) is 0 Å². The first-order valence-corrected chi connectivity index (χ1v) is 5.41. The van der Waals surface area contributed by atoms with Gasteiger partial charge in [-0.15, -0.1) is 17.0 Å². The van der Waals surface area contributed by atoms with Crippen molar-refractivity contribution in [2.45, 2.75) is 71.6 Å². The van der Waals surface area contributed by atoms with Crippen molar-refractivity contribution < 1.29 is 0 Å². The lowest BCUT2D eigenvalue weighted by Crippen LogP contribution is -1.79. The van der Waals surface area contributed by atoms with Crippen LogP contribution in [0.2, 0.25) is 0 Å². The number of halogens is 1. The minimum atomic E-state index is 0. The van der Waals surface area contributed by atoms with Gasteiger partial charge < -0.3 is 0 Å². The van der Waals surface area contributed by atoms with Gasteiger partial charge in [0, 0.05) is 0 Å². The van der Waals surface area contributed by atoms with Gasteiger partial charge in [-0.2, -0.15) is 0 Å². The molecule has 0 atom stereocenters. The third-order valence-electron chi connectivity index (χ3n) is 2.21. The van der Waals surface area contributed by atoms with Gasteiger partial charge in [0.25, 0.3) is 0 Å². The van der Waals surface area contributed by atoms with Crippen molar-refractivity contribution in [3.05, 3.63) is 0 Å². The van der Waals surface area contributed by atoms with Gasteiger partial charge in [0.2, 0.25) is 0 Å². The SMILES string of the molecule is Br.CCCCCCCCCCC. The van der Waals surface area contributed by atoms with E-state index in [4.69, 9.17) is 0 Å². The van der Waals surface area contributed by atoms with Crippen LogP contribution < -0.4 is 0 Å². The van der Waals surface area contributed by atoms with E-state index >= 15 is 0 Å². The predicted octanol–water partition coefficient (Wildman–Crippen LogP) is 5.12. The molecule has 0 spiro atoms. The molecule has 0 aromatic carbocycles. The average Bonchev–Trinajstić information content (AvgIpc) is 2.03. The zero-order valence-corrected chi connectivity index (χ0v) is 10.5. The minimum Gasteiger partial charge on any atom is -0.114 e. The minimum absolute atomic E-state index is 0. The van der Waals surface area contributed by atoms with Crippen molar-refractivity contribution in [3.63, 3.8) is 0 Å². The van der Waals surface area contributed by atoms with Crippen molar-refractivity contribution in [3.8, 4) is 0 Å². The van der Waals surface area contributed by atoms with Crippen LogP contribution in [0.3, 0.4) is 0 Å². The molecule has 0 heterocycles. The van der Waals surface area contributed by atoms with Crippen molar-refractivity contribution in [1.82, 2.24) is 0 Å². The highest BCUT2D eigenvalue weighted by molar-refractivity contribution is 8.93. The van der Waals surface area contributed by atoms with Gasteiger partial charge in [-0.3, -0.25) is 0 Å². The van der Waals surface area contributed by atoms with E-state index in [2.05, 4.69) is 13.8 Å². The Bertz CT molecular complexity index is 54.0. The molecule has 12 heavy (non-hydrogen) atoms. The van der Waals surface area contributed by atoms with E-state index in [-0.39, 0.29) is 17.0 Å². The molecular formula is C11H25Br. The van der Waals surface area contributed by atoms with Crippen LogP contribution in [0.4, 0.5) is 0 Å². The normalized spacial score (nSPS) is 9.50. The molecule has 0 aromatic heterocycles. The van der Waals surface area contributed by atoms with E-state index in [9.17, 15) is 0 Å². The second kappa shape index (κ2) is 14.0. The molecule has 0 aliphatic heterocycles. The van der Waals surface area contributed by atoms with Crippen molar-refractivity contribution in [1.29, 1.82) is 0 Å². The van der Waals surface area contributed by atoms with Crippen LogP contribution in [0.15, 0.2) is 0 Å². The van der Waals surface area contributed by atoms with Crippen molar-refractivity contribution >= 4 is 17.0 Å². The molecule has 76 valence electrons. The van der Waals surface area contributed by atoms with Gasteiger partial charge in [0.15, 0.2) is 0 Å². The summed E-state index contributed by atoms with van der Waals surface area (Å²) in [7, 11) is 0. The standard InChI is InChI=1S/C11H24.BrH/c1-3-5-7-9-11-10-8-6-4-2;/h3-11H2,1-2H3;1H. The lowest BCUT2D eigenvalue weighted by molar-refractivity contribution is 0.572. The fourth-order valence-electron chi connectivity index (χ4n) is 1.38. The van der Waals surface area contributed by atoms with Gasteiger partial charge in [0.1, 0.15) is 0 Å². The van der Waals surface area contributed by atoms with Gasteiger partial charge in [0.05, 0.1) is 0 Å². The molecule has 0 amide bonds. The molecule has 0 unspecified atom stereocenters. The van der Waals surface area contributed by atoms with Crippen LogP contribution >= 0.6 is 17.0 Å². The molecule has 0 aliphatic rings. The Labute approximate surface area is 88.9 Å². The summed E-state index contributed by atoms with van der Waals surface area (Å²) in [5.74, 6) is 0. The van der Waals surface area contributed by atoms with Gasteiger partial charge in [-0.1, -0.05) is 71.6 Å². The summed E-state index contributed by atoms with van der Waals surface area (Å²) in [6, 6.07) is 0. The third kappa shape index (κ3) is 13.1. The summed E-state index contributed by atoms with van der Waals surface area (Å²) in [6.45, 7) is 4.55. The molecule has 0 aromatic rings. The Kier molecular flexibility index (Phi) is 17.5. The molecule has 1 heteroatoms. The lowest BCUT2D eigenvalue weighted by Gasteiger charge is -1.98. The van der Waals surface area contributed by atoms with Crippen LogP contribution in [-0.4, -0.2) is 0 Å². The Morgan fingerprint density at radius 1 is 0.500 bits per heavy atom. The van der Waals surface area contributed by atoms with E-state index in [0.29, 0.717) is 0 Å². The molecule has 0 aliphatic carbocycles. The molecule has 0 saturated heterocycles. The molecule has 0 saturated carbocycles. The summed E-state index contributed by atoms with van der Waals surface area (Å²) in [4.78, 5) is 0. The smallest absolute Gasteiger partial charge is 0.0533 e. The number of hydrogen-bond acceptors (Lipinski definition) is 0. The number of rotatable bonds is 8. The predicted molar refractivity (Wildman–Crippen MR) is 63.2 cm³/mol. The van der Waals surface area contributed by atoms with Crippen molar-refractivity contribution in [2.75, 3.05) is 0 Å². The Balaban J connectivity index is 0. The second-order valence-electron chi connectivity index (χ2n) is 3.47. The highest BCUT2D eigenvalue weighted by Gasteiger charge is 1.88. The summed E-state index contributed by atoms with van der Waals surface area (Å²) >= 11 is 0. The maximum Gasteiger partial charge on any atom is -0.0533 e. The first kappa shape index (κ1) is 15.0. The first-order chi connectivity index (χ1) is 5.41. The number of unbranched alkanes of at least 4 members (excludes halogenated alkanes) is 8. The van der Waals surface area contributed by atoms with E-state index in [1.54, 1.807) is 0 Å². The highest BCUT2D eigenvalue weighted by atomic mass is 79.9. The summed E-state index contributed by atoms with van der Waals surface area (Å²) < 4.78 is 0. The van der Waals surface area contributed by atoms with Crippen LogP contribution in [0.25, 0.3) is 0 Å². The Morgan fingerprint density at radius 2 is 0.750 bits per heavy atom. The maximum atomic E-state index is 2.27. The maximum absolute atomic E-state index is 2.27. The Morgan fingerprint density at radius 3 is 1.00 bits per heavy atom. The highest BCUT2D eigenvalue weighted by Crippen LogP contribution is 2.08. The Hall–Kier alpha value is 0.480. The zero-order chi connectivity index (χ0) is 8.36. The topological polar surface area (TPSA) is 0 Å². The van der Waals surface area contributed by atoms with Crippen LogP contribution in [0.1, 0.15) is 71.6 Å².